The number of hydrogen-bond donors (Lipinski definition) is 0. The summed E-state index contributed by atoms with van der Waals surface area (Å²) in [6, 6.07) is 13.9. The molecule has 0 amide bonds. The summed E-state index contributed by atoms with van der Waals surface area (Å²) in [4.78, 5) is 37.4. The lowest BCUT2D eigenvalue weighted by molar-refractivity contribution is 0.0944. The Balaban J connectivity index is 1.57. The molecule has 0 unspecified atom stereocenters. The van der Waals surface area contributed by atoms with Crippen molar-refractivity contribution in [3.63, 3.8) is 0 Å². The summed E-state index contributed by atoms with van der Waals surface area (Å²) in [7, 11) is 0. The van der Waals surface area contributed by atoms with Crippen LogP contribution in [0.3, 0.4) is 0 Å². The summed E-state index contributed by atoms with van der Waals surface area (Å²) in [5, 5.41) is 0. The highest BCUT2D eigenvalue weighted by Gasteiger charge is 2.17. The molecule has 7 nitrogen and oxygen atoms in total. The minimum absolute atomic E-state index is 0.146. The van der Waals surface area contributed by atoms with Crippen LogP contribution < -0.4 is 5.69 Å². The zero-order chi connectivity index (χ0) is 19.5. The molecule has 3 aromatic heterocycles. The lowest BCUT2D eigenvalue weighted by Crippen LogP contribution is -2.26. The van der Waals surface area contributed by atoms with E-state index in [1.807, 2.05) is 24.3 Å². The van der Waals surface area contributed by atoms with E-state index >= 15 is 0 Å². The van der Waals surface area contributed by atoms with E-state index in [1.165, 1.54) is 12.5 Å². The molecule has 0 aliphatic rings. The van der Waals surface area contributed by atoms with E-state index in [2.05, 4.69) is 0 Å². The highest BCUT2D eigenvalue weighted by atomic mass is 16.3. The van der Waals surface area contributed by atoms with Gasteiger partial charge in [0.2, 0.25) is 0 Å². The van der Waals surface area contributed by atoms with Crippen molar-refractivity contribution in [3.05, 3.63) is 83.1 Å². The first kappa shape index (κ1) is 17.8. The number of aromatic nitrogens is 2. The van der Waals surface area contributed by atoms with Gasteiger partial charge in [-0.3, -0.25) is 18.7 Å². The first-order valence-corrected chi connectivity index (χ1v) is 8.96. The molecule has 0 spiro atoms. The Kier molecular flexibility index (Phi) is 4.80. The second-order valence-electron chi connectivity index (χ2n) is 6.38. The number of furan rings is 2. The number of Topliss-reactive ketones (excluding diaryl/α,β-unsaturated/α-hetero) is 2. The predicted octanol–water partition coefficient (Wildman–Crippen LogP) is 3.54. The lowest BCUT2D eigenvalue weighted by Gasteiger charge is -2.02. The molecule has 28 heavy (non-hydrogen) atoms. The standard InChI is InChI=1S/C21H18N2O5/c24-17(19-7-3-13-27-19)9-11-22-15-5-1-2-6-16(15)23(21(22)26)12-10-18(25)20-8-4-14-28-20/h1-8,13-14H,9-12H2. The average molecular weight is 378 g/mol. The lowest BCUT2D eigenvalue weighted by atomic mass is 10.2. The Morgan fingerprint density at radius 3 is 1.57 bits per heavy atom. The van der Waals surface area contributed by atoms with Crippen molar-refractivity contribution < 1.29 is 18.4 Å². The highest BCUT2D eigenvalue weighted by Crippen LogP contribution is 2.15. The molecule has 4 rings (SSSR count). The van der Waals surface area contributed by atoms with Crippen LogP contribution in [0.1, 0.15) is 34.0 Å². The molecule has 7 heteroatoms. The van der Waals surface area contributed by atoms with Crippen LogP contribution in [0.25, 0.3) is 11.0 Å². The molecular weight excluding hydrogens is 360 g/mol. The molecule has 142 valence electrons. The summed E-state index contributed by atoms with van der Waals surface area (Å²) < 4.78 is 13.4. The van der Waals surface area contributed by atoms with Crippen LogP contribution in [-0.4, -0.2) is 20.7 Å². The molecule has 0 aliphatic heterocycles. The highest BCUT2D eigenvalue weighted by molar-refractivity contribution is 5.94. The van der Waals surface area contributed by atoms with Crippen molar-refractivity contribution in [2.45, 2.75) is 25.9 Å². The first-order chi connectivity index (χ1) is 13.6. The SMILES string of the molecule is O=C(CCn1c(=O)n(CCC(=O)c2ccco2)c2ccccc21)c1ccco1. The third kappa shape index (κ3) is 3.34. The zero-order valence-corrected chi connectivity index (χ0v) is 15.0. The predicted molar refractivity (Wildman–Crippen MR) is 102 cm³/mol. The number of aryl methyl sites for hydroxylation is 2. The van der Waals surface area contributed by atoms with Gasteiger partial charge in [0.1, 0.15) is 0 Å². The summed E-state index contributed by atoms with van der Waals surface area (Å²) in [6.45, 7) is 0.468. The largest absolute Gasteiger partial charge is 0.461 e. The second-order valence-corrected chi connectivity index (χ2v) is 6.38. The second kappa shape index (κ2) is 7.56. The number of fused-ring (bicyclic) bond motifs is 1. The Labute approximate surface area is 159 Å². The van der Waals surface area contributed by atoms with Gasteiger partial charge in [0.15, 0.2) is 23.1 Å². The van der Waals surface area contributed by atoms with E-state index in [0.29, 0.717) is 0 Å². The Morgan fingerprint density at radius 2 is 1.18 bits per heavy atom. The van der Waals surface area contributed by atoms with Crippen molar-refractivity contribution in [1.82, 2.24) is 9.13 Å². The number of hydrogen-bond acceptors (Lipinski definition) is 5. The smallest absolute Gasteiger partial charge is 0.329 e. The van der Waals surface area contributed by atoms with Crippen LogP contribution >= 0.6 is 0 Å². The van der Waals surface area contributed by atoms with E-state index < -0.39 is 0 Å². The molecule has 0 radical (unpaired) electrons. The minimum atomic E-state index is -0.249. The Morgan fingerprint density at radius 1 is 0.714 bits per heavy atom. The maximum Gasteiger partial charge on any atom is 0.329 e. The van der Waals surface area contributed by atoms with E-state index in [1.54, 1.807) is 33.4 Å². The molecule has 1 aromatic carbocycles. The minimum Gasteiger partial charge on any atom is -0.461 e. The van der Waals surface area contributed by atoms with Crippen LogP contribution in [0.2, 0.25) is 0 Å². The van der Waals surface area contributed by atoms with Crippen LogP contribution in [0.5, 0.6) is 0 Å². The Hall–Kier alpha value is -3.61. The van der Waals surface area contributed by atoms with Gasteiger partial charge >= 0.3 is 5.69 Å². The van der Waals surface area contributed by atoms with Crippen molar-refractivity contribution in [1.29, 1.82) is 0 Å². The normalized spacial score (nSPS) is 11.1. The van der Waals surface area contributed by atoms with Crippen LogP contribution in [0, 0.1) is 0 Å². The topological polar surface area (TPSA) is 87.4 Å². The molecule has 0 saturated carbocycles. The molecule has 0 saturated heterocycles. The van der Waals surface area contributed by atoms with E-state index in [-0.39, 0.29) is 54.7 Å². The quantitative estimate of drug-likeness (QED) is 0.438. The van der Waals surface area contributed by atoms with Gasteiger partial charge in [0.25, 0.3) is 0 Å². The fraction of sp³-hybridized carbons (Fsp3) is 0.190. The monoisotopic (exact) mass is 378 g/mol. The van der Waals surface area contributed by atoms with Gasteiger partial charge in [-0.25, -0.2) is 4.79 Å². The van der Waals surface area contributed by atoms with Crippen molar-refractivity contribution in [2.24, 2.45) is 0 Å². The molecule has 0 bridgehead atoms. The third-order valence-electron chi connectivity index (χ3n) is 4.64. The van der Waals surface area contributed by atoms with Crippen molar-refractivity contribution in [3.8, 4) is 0 Å². The fourth-order valence-electron chi connectivity index (χ4n) is 3.25. The fourth-order valence-corrected chi connectivity index (χ4v) is 3.25. The summed E-state index contributed by atoms with van der Waals surface area (Å²) in [5.74, 6) is 0.227. The van der Waals surface area contributed by atoms with E-state index in [0.717, 1.165) is 11.0 Å². The average Bonchev–Trinajstić information content (AvgIpc) is 3.45. The Bertz CT molecular complexity index is 1070. The van der Waals surface area contributed by atoms with Crippen LogP contribution in [0.15, 0.2) is 74.7 Å². The molecule has 0 atom stereocenters. The number of para-hydroxylation sites is 2. The molecular formula is C21H18N2O5. The van der Waals surface area contributed by atoms with E-state index in [4.69, 9.17) is 8.83 Å². The number of rotatable bonds is 8. The van der Waals surface area contributed by atoms with Gasteiger partial charge in [0, 0.05) is 25.9 Å². The van der Waals surface area contributed by atoms with Crippen LogP contribution in [0.4, 0.5) is 0 Å². The third-order valence-corrected chi connectivity index (χ3v) is 4.64. The van der Waals surface area contributed by atoms with Gasteiger partial charge in [-0.1, -0.05) is 12.1 Å². The van der Waals surface area contributed by atoms with Gasteiger partial charge in [0.05, 0.1) is 23.6 Å². The zero-order valence-electron chi connectivity index (χ0n) is 15.0. The molecule has 0 fully saturated rings. The van der Waals surface area contributed by atoms with Crippen molar-refractivity contribution >= 4 is 22.6 Å². The molecule has 0 aliphatic carbocycles. The van der Waals surface area contributed by atoms with Gasteiger partial charge in [-0.05, 0) is 36.4 Å². The summed E-state index contributed by atoms with van der Waals surface area (Å²) in [6.07, 6.45) is 3.18. The molecule has 4 aromatic rings. The van der Waals surface area contributed by atoms with Gasteiger partial charge in [-0.15, -0.1) is 0 Å². The number of carbonyl (C=O) groups excluding carboxylic acids is 2. The van der Waals surface area contributed by atoms with Gasteiger partial charge in [-0.2, -0.15) is 0 Å². The summed E-state index contributed by atoms with van der Waals surface area (Å²) >= 11 is 0. The number of nitrogens with zero attached hydrogens (tertiary/aromatic N) is 2. The van der Waals surface area contributed by atoms with E-state index in [9.17, 15) is 14.4 Å². The van der Waals surface area contributed by atoms with Crippen LogP contribution in [-0.2, 0) is 13.1 Å². The summed E-state index contributed by atoms with van der Waals surface area (Å²) in [5.41, 5.74) is 1.20. The molecule has 0 N–H and O–H groups in total. The number of carbonyl (C=O) groups is 2. The number of ketones is 2. The maximum atomic E-state index is 12.9. The first-order valence-electron chi connectivity index (χ1n) is 8.96. The van der Waals surface area contributed by atoms with Crippen molar-refractivity contribution in [2.75, 3.05) is 0 Å². The number of imidazole rings is 1. The number of benzene rings is 1. The molecule has 3 heterocycles. The maximum absolute atomic E-state index is 12.9. The van der Waals surface area contributed by atoms with Gasteiger partial charge < -0.3 is 8.83 Å².